The van der Waals surface area contributed by atoms with E-state index in [1.807, 2.05) is 35.4 Å². The molecule has 3 aromatic heterocycles. The Morgan fingerprint density at radius 3 is 2.55 bits per heavy atom. The zero-order valence-electron chi connectivity index (χ0n) is 28.9. The molecule has 51 heavy (non-hydrogen) atoms. The Morgan fingerprint density at radius 2 is 1.84 bits per heavy atom. The maximum atomic E-state index is 15.2. The standard InChI is InChI=1S/C37H41F3N8O3/c1-36(2,3)51-35(50)45-13-12-31(37(39,40)21-45)46-19-23(20-46)15-22-7-8-27(41-17-22)24-5-4-6-29-25(24)11-14-47(29)33-10-9-32-42-18-30(48(32)44-33)34(49)43-28-16-26(28)38/h4-10,17-18,23,26,28,31H,11-16,19-21H2,1-3H3,(H,43,49). The first-order valence-electron chi connectivity index (χ1n) is 17.6. The van der Waals surface area contributed by atoms with Gasteiger partial charge in [-0.1, -0.05) is 18.2 Å². The molecule has 1 aromatic carbocycles. The Hall–Kier alpha value is -4.72. The van der Waals surface area contributed by atoms with E-state index in [9.17, 15) is 14.0 Å². The third-order valence-electron chi connectivity index (χ3n) is 10.2. The maximum absolute atomic E-state index is 15.2. The summed E-state index contributed by atoms with van der Waals surface area (Å²) in [7, 11) is 0. The molecule has 0 bridgehead atoms. The first kappa shape index (κ1) is 33.4. The van der Waals surface area contributed by atoms with Gasteiger partial charge < -0.3 is 19.9 Å². The van der Waals surface area contributed by atoms with Crippen LogP contribution in [0.2, 0.25) is 0 Å². The lowest BCUT2D eigenvalue weighted by Gasteiger charge is -2.50. The molecule has 1 N–H and O–H groups in total. The number of piperidine rings is 1. The number of fused-ring (bicyclic) bond motifs is 2. The molecule has 14 heteroatoms. The van der Waals surface area contributed by atoms with E-state index in [2.05, 4.69) is 33.4 Å². The molecule has 3 unspecified atom stereocenters. The predicted molar refractivity (Wildman–Crippen MR) is 184 cm³/mol. The number of imidazole rings is 1. The number of rotatable bonds is 7. The fourth-order valence-corrected chi connectivity index (χ4v) is 7.52. The van der Waals surface area contributed by atoms with Gasteiger partial charge in [0.1, 0.15) is 11.8 Å². The lowest BCUT2D eigenvalue weighted by molar-refractivity contribution is -0.146. The number of hydrogen-bond acceptors (Lipinski definition) is 8. The first-order valence-corrected chi connectivity index (χ1v) is 17.6. The number of ether oxygens (including phenoxy) is 1. The van der Waals surface area contributed by atoms with Gasteiger partial charge in [0.05, 0.1) is 30.5 Å². The van der Waals surface area contributed by atoms with E-state index >= 15 is 8.78 Å². The summed E-state index contributed by atoms with van der Waals surface area (Å²) in [5.41, 5.74) is 5.17. The molecule has 268 valence electrons. The highest BCUT2D eigenvalue weighted by molar-refractivity contribution is 5.93. The molecule has 4 aromatic rings. The van der Waals surface area contributed by atoms with Gasteiger partial charge in [0.15, 0.2) is 17.2 Å². The van der Waals surface area contributed by atoms with E-state index in [1.54, 1.807) is 20.8 Å². The van der Waals surface area contributed by atoms with E-state index in [0.717, 1.165) is 45.8 Å². The van der Waals surface area contributed by atoms with Crippen LogP contribution in [0.1, 0.15) is 55.2 Å². The smallest absolute Gasteiger partial charge is 0.410 e. The summed E-state index contributed by atoms with van der Waals surface area (Å²) in [5, 5.41) is 7.45. The molecule has 11 nitrogen and oxygen atoms in total. The minimum absolute atomic E-state index is 0.211. The van der Waals surface area contributed by atoms with Crippen LogP contribution in [0, 0.1) is 5.92 Å². The number of nitrogens with one attached hydrogen (secondary N) is 1. The number of benzene rings is 1. The number of halogens is 3. The van der Waals surface area contributed by atoms with Crippen LogP contribution in [0.3, 0.4) is 0 Å². The average molecular weight is 703 g/mol. The van der Waals surface area contributed by atoms with Gasteiger partial charge in [0.25, 0.3) is 11.8 Å². The molecule has 2 amide bonds. The van der Waals surface area contributed by atoms with E-state index in [1.165, 1.54) is 10.7 Å². The third-order valence-corrected chi connectivity index (χ3v) is 10.2. The van der Waals surface area contributed by atoms with Gasteiger partial charge in [-0.05, 0) is 81.3 Å². The molecule has 3 fully saturated rings. The highest BCUT2D eigenvalue weighted by atomic mass is 19.3. The summed E-state index contributed by atoms with van der Waals surface area (Å²) >= 11 is 0. The Kier molecular flexibility index (Phi) is 8.19. The summed E-state index contributed by atoms with van der Waals surface area (Å²) in [6, 6.07) is 12.6. The molecule has 2 saturated heterocycles. The molecule has 3 atom stereocenters. The van der Waals surface area contributed by atoms with Crippen LogP contribution < -0.4 is 10.2 Å². The Labute approximate surface area is 293 Å². The van der Waals surface area contributed by atoms with Gasteiger partial charge >= 0.3 is 6.09 Å². The van der Waals surface area contributed by atoms with Crippen molar-refractivity contribution in [2.24, 2.45) is 5.92 Å². The maximum Gasteiger partial charge on any atom is 0.410 e. The number of likely N-dealkylation sites (tertiary alicyclic amines) is 2. The van der Waals surface area contributed by atoms with Crippen molar-refractivity contribution in [3.8, 4) is 11.3 Å². The van der Waals surface area contributed by atoms with Gasteiger partial charge in [0, 0.05) is 50.0 Å². The van der Waals surface area contributed by atoms with Crippen molar-refractivity contribution in [2.45, 2.75) is 76.2 Å². The van der Waals surface area contributed by atoms with Gasteiger partial charge in [-0.15, -0.1) is 5.10 Å². The van der Waals surface area contributed by atoms with Gasteiger partial charge in [-0.25, -0.2) is 27.5 Å². The van der Waals surface area contributed by atoms with Crippen molar-refractivity contribution in [3.05, 3.63) is 71.7 Å². The first-order chi connectivity index (χ1) is 24.3. The molecule has 0 radical (unpaired) electrons. The monoisotopic (exact) mass is 702 g/mol. The highest BCUT2D eigenvalue weighted by Gasteiger charge is 2.51. The number of carbonyl (C=O) groups excluding carboxylic acids is 2. The second-order valence-corrected chi connectivity index (χ2v) is 15.2. The molecule has 3 aliphatic heterocycles. The predicted octanol–water partition coefficient (Wildman–Crippen LogP) is 5.44. The van der Waals surface area contributed by atoms with E-state index < -0.39 is 48.3 Å². The Balaban J connectivity index is 0.899. The number of alkyl halides is 3. The van der Waals surface area contributed by atoms with Gasteiger partial charge in [-0.3, -0.25) is 14.7 Å². The number of aromatic nitrogens is 4. The summed E-state index contributed by atoms with van der Waals surface area (Å²) in [5.74, 6) is -2.48. The van der Waals surface area contributed by atoms with Crippen LogP contribution >= 0.6 is 0 Å². The van der Waals surface area contributed by atoms with Crippen molar-refractivity contribution in [1.29, 1.82) is 0 Å². The lowest BCUT2D eigenvalue weighted by Crippen LogP contribution is -2.64. The minimum Gasteiger partial charge on any atom is -0.444 e. The summed E-state index contributed by atoms with van der Waals surface area (Å²) < 4.78 is 50.5. The van der Waals surface area contributed by atoms with Crippen molar-refractivity contribution in [2.75, 3.05) is 37.6 Å². The fourth-order valence-electron chi connectivity index (χ4n) is 7.52. The van der Waals surface area contributed by atoms with Crippen molar-refractivity contribution in [1.82, 2.24) is 34.7 Å². The van der Waals surface area contributed by atoms with Crippen LogP contribution in [-0.2, 0) is 17.6 Å². The van der Waals surface area contributed by atoms with E-state index in [-0.39, 0.29) is 24.6 Å². The molecule has 0 spiro atoms. The lowest BCUT2D eigenvalue weighted by atomic mass is 9.87. The average Bonchev–Trinajstić information content (AvgIpc) is 3.41. The number of anilines is 2. The minimum atomic E-state index is -3.01. The third kappa shape index (κ3) is 6.61. The van der Waals surface area contributed by atoms with Crippen LogP contribution in [0.15, 0.2) is 54.9 Å². The summed E-state index contributed by atoms with van der Waals surface area (Å²) in [6.45, 7) is 6.67. The number of hydrogen-bond donors (Lipinski definition) is 1. The fraction of sp³-hybridized carbons (Fsp3) is 0.486. The van der Waals surface area contributed by atoms with Crippen molar-refractivity contribution < 1.29 is 27.5 Å². The van der Waals surface area contributed by atoms with Gasteiger partial charge in [0.2, 0.25) is 0 Å². The second-order valence-electron chi connectivity index (χ2n) is 15.2. The molecule has 6 heterocycles. The molecule has 8 rings (SSSR count). The SMILES string of the molecule is CC(C)(C)OC(=O)N1CCC(N2CC(Cc3ccc(-c4cccc5c4CCN5c4ccc5ncc(C(=O)NC6CC6F)n5n4)nc3)C2)C(F)(F)C1. The van der Waals surface area contributed by atoms with Crippen LogP contribution in [0.25, 0.3) is 16.9 Å². The van der Waals surface area contributed by atoms with Gasteiger partial charge in [-0.2, -0.15) is 0 Å². The molecule has 4 aliphatic rings. The number of amides is 2. The molecule has 1 aliphatic carbocycles. The summed E-state index contributed by atoms with van der Waals surface area (Å²) in [6.07, 6.45) is 3.73. The highest BCUT2D eigenvalue weighted by Crippen LogP contribution is 2.40. The van der Waals surface area contributed by atoms with Crippen LogP contribution in [-0.4, -0.2) is 104 Å². The van der Waals surface area contributed by atoms with E-state index in [4.69, 9.17) is 14.8 Å². The zero-order valence-corrected chi connectivity index (χ0v) is 28.9. The number of pyridine rings is 1. The number of nitrogens with zero attached hydrogens (tertiary/aromatic N) is 7. The summed E-state index contributed by atoms with van der Waals surface area (Å²) in [4.78, 5) is 39.4. The Morgan fingerprint density at radius 1 is 1.04 bits per heavy atom. The molecular formula is C37H41F3N8O3. The molecule has 1 saturated carbocycles. The normalized spacial score (nSPS) is 23.2. The second kappa shape index (κ2) is 12.5. The van der Waals surface area contributed by atoms with Crippen LogP contribution in [0.4, 0.5) is 29.5 Å². The van der Waals surface area contributed by atoms with Crippen molar-refractivity contribution in [3.63, 3.8) is 0 Å². The van der Waals surface area contributed by atoms with Crippen LogP contribution in [0.5, 0.6) is 0 Å². The largest absolute Gasteiger partial charge is 0.444 e. The Bertz CT molecular complexity index is 1970. The zero-order chi connectivity index (χ0) is 35.7. The van der Waals surface area contributed by atoms with E-state index in [0.29, 0.717) is 37.5 Å². The number of carbonyl (C=O) groups is 2. The quantitative estimate of drug-likeness (QED) is 0.271. The topological polar surface area (TPSA) is 108 Å². The van der Waals surface area contributed by atoms with Crippen molar-refractivity contribution >= 4 is 29.2 Å². The molecular weight excluding hydrogens is 661 g/mol.